The molecule has 0 unspecified atom stereocenters. The van der Waals surface area contributed by atoms with Crippen molar-refractivity contribution in [3.8, 4) is 10.8 Å². The van der Waals surface area contributed by atoms with Crippen molar-refractivity contribution in [3.05, 3.63) is 71.6 Å². The third kappa shape index (κ3) is 4.37. The molecule has 0 bridgehead atoms. The molecule has 0 saturated heterocycles. The summed E-state index contributed by atoms with van der Waals surface area (Å²) in [6, 6.07) is 13.9. The molecule has 7 nitrogen and oxygen atoms in total. The molecule has 33 heavy (non-hydrogen) atoms. The number of aryl methyl sites for hydroxylation is 1. The zero-order valence-corrected chi connectivity index (χ0v) is 19.5. The molecule has 3 aromatic heterocycles. The molecule has 0 fully saturated rings. The third-order valence-electron chi connectivity index (χ3n) is 5.70. The van der Waals surface area contributed by atoms with Crippen molar-refractivity contribution in [3.63, 3.8) is 0 Å². The lowest BCUT2D eigenvalue weighted by molar-refractivity contribution is 0.0994. The van der Waals surface area contributed by atoms with Crippen molar-refractivity contribution in [2.45, 2.75) is 31.9 Å². The maximum Gasteiger partial charge on any atom is 0.268 e. The SMILES string of the molecule is C[C@H](O)[C@@H](CCc1cccc2nc(-c3scc4ccccc34)oc12)n1cnc(C(N)=O)c1.Cl. The molecule has 3 heterocycles. The zero-order chi connectivity index (χ0) is 22.2. The molecule has 3 N–H and O–H groups in total. The number of carbonyl (C=O) groups is 1. The highest BCUT2D eigenvalue weighted by atomic mass is 35.5. The van der Waals surface area contributed by atoms with E-state index in [0.29, 0.717) is 18.7 Å². The van der Waals surface area contributed by atoms with Crippen LogP contribution in [0.5, 0.6) is 0 Å². The van der Waals surface area contributed by atoms with Crippen LogP contribution in [0.2, 0.25) is 0 Å². The van der Waals surface area contributed by atoms with Gasteiger partial charge in [0.05, 0.1) is 23.4 Å². The highest BCUT2D eigenvalue weighted by molar-refractivity contribution is 7.15. The van der Waals surface area contributed by atoms with Gasteiger partial charge in [-0.1, -0.05) is 36.4 Å². The molecule has 5 rings (SSSR count). The highest BCUT2D eigenvalue weighted by Crippen LogP contribution is 2.36. The Morgan fingerprint density at radius 1 is 1.24 bits per heavy atom. The van der Waals surface area contributed by atoms with Gasteiger partial charge in [0.15, 0.2) is 5.58 Å². The highest BCUT2D eigenvalue weighted by Gasteiger charge is 2.21. The molecule has 0 spiro atoms. The summed E-state index contributed by atoms with van der Waals surface area (Å²) >= 11 is 1.62. The molecule has 0 saturated carbocycles. The minimum atomic E-state index is -0.633. The summed E-state index contributed by atoms with van der Waals surface area (Å²) in [6.07, 6.45) is 3.77. The van der Waals surface area contributed by atoms with Crippen LogP contribution in [0.1, 0.15) is 35.4 Å². The van der Waals surface area contributed by atoms with Crippen LogP contribution < -0.4 is 5.73 Å². The number of hydrogen-bond acceptors (Lipinski definition) is 6. The summed E-state index contributed by atoms with van der Waals surface area (Å²) in [6.45, 7) is 1.73. The summed E-state index contributed by atoms with van der Waals surface area (Å²) in [4.78, 5) is 21.2. The Morgan fingerprint density at radius 3 is 2.82 bits per heavy atom. The summed E-state index contributed by atoms with van der Waals surface area (Å²) < 4.78 is 7.99. The van der Waals surface area contributed by atoms with Crippen molar-refractivity contribution >= 4 is 51.5 Å². The van der Waals surface area contributed by atoms with Crippen molar-refractivity contribution in [2.24, 2.45) is 5.73 Å². The van der Waals surface area contributed by atoms with Gasteiger partial charge >= 0.3 is 0 Å². The van der Waals surface area contributed by atoms with E-state index >= 15 is 0 Å². The van der Waals surface area contributed by atoms with Crippen LogP contribution in [0.3, 0.4) is 0 Å². The largest absolute Gasteiger partial charge is 0.435 e. The first-order chi connectivity index (χ1) is 15.5. The van der Waals surface area contributed by atoms with Gasteiger partial charge in [0.1, 0.15) is 11.2 Å². The van der Waals surface area contributed by atoms with E-state index in [9.17, 15) is 9.90 Å². The van der Waals surface area contributed by atoms with Gasteiger partial charge < -0.3 is 19.8 Å². The molecule has 0 aliphatic heterocycles. The minimum absolute atomic E-state index is 0. The smallest absolute Gasteiger partial charge is 0.268 e. The summed E-state index contributed by atoms with van der Waals surface area (Å²) in [5, 5.41) is 14.7. The predicted octanol–water partition coefficient (Wildman–Crippen LogP) is 4.98. The topological polar surface area (TPSA) is 107 Å². The first-order valence-electron chi connectivity index (χ1n) is 10.4. The van der Waals surface area contributed by atoms with Crippen molar-refractivity contribution in [2.75, 3.05) is 0 Å². The van der Waals surface area contributed by atoms with Crippen LogP contribution >= 0.6 is 23.7 Å². The van der Waals surface area contributed by atoms with Crippen LogP contribution in [0.4, 0.5) is 0 Å². The molecule has 5 aromatic rings. The van der Waals surface area contributed by atoms with Gasteiger partial charge in [-0.15, -0.1) is 23.7 Å². The molecular formula is C24H23ClN4O3S. The second kappa shape index (κ2) is 9.35. The molecule has 9 heteroatoms. The third-order valence-corrected chi connectivity index (χ3v) is 6.71. The number of nitrogens with zero attached hydrogens (tertiary/aromatic N) is 3. The number of benzene rings is 2. The van der Waals surface area contributed by atoms with Crippen LogP contribution in [0.25, 0.3) is 32.6 Å². The number of oxazole rings is 1. The molecule has 0 aliphatic carbocycles. The number of fused-ring (bicyclic) bond motifs is 2. The number of hydrogen-bond donors (Lipinski definition) is 2. The Bertz CT molecular complexity index is 1420. The van der Waals surface area contributed by atoms with Gasteiger partial charge in [-0.2, -0.15) is 0 Å². The predicted molar refractivity (Wildman–Crippen MR) is 132 cm³/mol. The van der Waals surface area contributed by atoms with Crippen molar-refractivity contribution in [1.29, 1.82) is 0 Å². The summed E-state index contributed by atoms with van der Waals surface area (Å²) in [7, 11) is 0. The van der Waals surface area contributed by atoms with Crippen LogP contribution in [0.15, 0.2) is 64.8 Å². The first kappa shape index (κ1) is 23.0. The van der Waals surface area contributed by atoms with E-state index in [1.807, 2.05) is 30.3 Å². The van der Waals surface area contributed by atoms with Gasteiger partial charge in [-0.05, 0) is 42.2 Å². The Labute approximate surface area is 200 Å². The molecule has 2 atom stereocenters. The fourth-order valence-corrected chi connectivity index (χ4v) is 5.00. The fraction of sp³-hybridized carbons (Fsp3) is 0.208. The number of thiophene rings is 1. The number of imidazole rings is 1. The second-order valence-electron chi connectivity index (χ2n) is 7.85. The van der Waals surface area contributed by atoms with Crippen molar-refractivity contribution < 1.29 is 14.3 Å². The number of aliphatic hydroxyl groups is 1. The summed E-state index contributed by atoms with van der Waals surface area (Å²) in [5.74, 6) is 0.0274. The number of nitrogens with two attached hydrogens (primary N) is 1. The number of aliphatic hydroxyl groups excluding tert-OH is 1. The number of carbonyl (C=O) groups excluding carboxylic acids is 1. The van der Waals surface area contributed by atoms with E-state index in [0.717, 1.165) is 26.9 Å². The van der Waals surface area contributed by atoms with Crippen molar-refractivity contribution in [1.82, 2.24) is 14.5 Å². The lowest BCUT2D eigenvalue weighted by Crippen LogP contribution is -2.21. The maximum atomic E-state index is 11.4. The van der Waals surface area contributed by atoms with Crippen LogP contribution in [-0.4, -0.2) is 31.7 Å². The molecule has 0 aliphatic rings. The van der Waals surface area contributed by atoms with E-state index in [1.54, 1.807) is 29.0 Å². The monoisotopic (exact) mass is 482 g/mol. The molecule has 2 aromatic carbocycles. The lowest BCUT2D eigenvalue weighted by Gasteiger charge is -2.21. The lowest BCUT2D eigenvalue weighted by atomic mass is 10.0. The molecular weight excluding hydrogens is 460 g/mol. The van der Waals surface area contributed by atoms with Crippen LogP contribution in [-0.2, 0) is 6.42 Å². The van der Waals surface area contributed by atoms with E-state index in [2.05, 4.69) is 22.5 Å². The summed E-state index contributed by atoms with van der Waals surface area (Å²) in [5.41, 5.74) is 8.07. The Balaban J connectivity index is 0.00000259. The Morgan fingerprint density at radius 2 is 2.06 bits per heavy atom. The van der Waals surface area contributed by atoms with E-state index in [4.69, 9.17) is 15.1 Å². The number of halogens is 1. The zero-order valence-electron chi connectivity index (χ0n) is 17.8. The van der Waals surface area contributed by atoms with E-state index < -0.39 is 12.0 Å². The van der Waals surface area contributed by atoms with Gasteiger partial charge in [-0.3, -0.25) is 4.79 Å². The van der Waals surface area contributed by atoms with E-state index in [1.165, 1.54) is 11.7 Å². The Kier molecular flexibility index (Phi) is 6.51. The van der Waals surface area contributed by atoms with Gasteiger partial charge in [0.2, 0.25) is 5.89 Å². The minimum Gasteiger partial charge on any atom is -0.435 e. The average molecular weight is 483 g/mol. The number of rotatable bonds is 7. The number of amides is 1. The normalized spacial score (nSPS) is 13.2. The molecule has 170 valence electrons. The Hall–Kier alpha value is -3.20. The van der Waals surface area contributed by atoms with Gasteiger partial charge in [-0.25, -0.2) is 9.97 Å². The standard InChI is InChI=1S/C24H22N4O3S.ClH/c1-14(29)20(28-11-19(23(25)30)26-13-28)10-9-15-6-4-8-18-21(15)31-24(27-18)22-17-7-3-2-5-16(17)12-32-22;/h2-8,11-14,20,29H,9-10H2,1H3,(H2,25,30);1H/t14-,20+;/m0./s1. The van der Waals surface area contributed by atoms with E-state index in [-0.39, 0.29) is 24.1 Å². The number of para-hydroxylation sites is 1. The first-order valence-corrected chi connectivity index (χ1v) is 11.3. The number of aromatic nitrogens is 3. The average Bonchev–Trinajstić information content (AvgIpc) is 3.51. The second-order valence-corrected chi connectivity index (χ2v) is 8.73. The molecule has 1 amide bonds. The fourth-order valence-electron chi connectivity index (χ4n) is 4.05. The van der Waals surface area contributed by atoms with Crippen LogP contribution in [0, 0.1) is 0 Å². The molecule has 0 radical (unpaired) electrons. The quantitative estimate of drug-likeness (QED) is 0.340. The van der Waals surface area contributed by atoms with Gasteiger partial charge in [0.25, 0.3) is 5.91 Å². The van der Waals surface area contributed by atoms with Gasteiger partial charge in [0, 0.05) is 11.6 Å². The maximum absolute atomic E-state index is 11.4. The number of primary amides is 1.